The van der Waals surface area contributed by atoms with Crippen LogP contribution in [0.5, 0.6) is 0 Å². The van der Waals surface area contributed by atoms with Crippen LogP contribution in [-0.4, -0.2) is 9.78 Å². The van der Waals surface area contributed by atoms with Crippen LogP contribution in [0.1, 0.15) is 5.56 Å². The van der Waals surface area contributed by atoms with E-state index >= 15 is 0 Å². The highest BCUT2D eigenvalue weighted by atomic mass is 19.1. The van der Waals surface area contributed by atoms with Crippen LogP contribution < -0.4 is 5.73 Å². The molecule has 3 nitrogen and oxygen atoms in total. The molecule has 18 heavy (non-hydrogen) atoms. The summed E-state index contributed by atoms with van der Waals surface area (Å²) in [6.07, 6.45) is 1.77. The molecule has 90 valence electrons. The van der Waals surface area contributed by atoms with Crippen LogP contribution in [0.25, 0.3) is 10.9 Å². The zero-order valence-corrected chi connectivity index (χ0v) is 9.68. The second-order valence-electron chi connectivity index (χ2n) is 4.17. The molecule has 0 fully saturated rings. The molecule has 0 saturated heterocycles. The number of para-hydroxylation sites is 1. The van der Waals surface area contributed by atoms with Crippen molar-refractivity contribution in [2.24, 2.45) is 0 Å². The molecule has 0 aliphatic rings. The fourth-order valence-corrected chi connectivity index (χ4v) is 2.04. The third-order valence-corrected chi connectivity index (χ3v) is 3.01. The first kappa shape index (κ1) is 10.8. The summed E-state index contributed by atoms with van der Waals surface area (Å²) < 4.78 is 15.5. The maximum Gasteiger partial charge on any atom is 0.130 e. The normalized spacial score (nSPS) is 10.9. The number of hydrogen-bond donors (Lipinski definition) is 1. The minimum atomic E-state index is -0.297. The van der Waals surface area contributed by atoms with E-state index in [2.05, 4.69) is 5.10 Å². The number of hydrogen-bond acceptors (Lipinski definition) is 2. The molecule has 0 unspecified atom stereocenters. The molecule has 3 aromatic rings. The van der Waals surface area contributed by atoms with Crippen LogP contribution >= 0.6 is 0 Å². The number of fused-ring (bicyclic) bond motifs is 1. The van der Waals surface area contributed by atoms with Gasteiger partial charge in [0.2, 0.25) is 0 Å². The SMILES string of the molecule is Nc1cccc(F)c1Cn1ncc2ccccc21. The predicted molar refractivity (Wildman–Crippen MR) is 69.6 cm³/mol. The van der Waals surface area contributed by atoms with Gasteiger partial charge in [-0.15, -0.1) is 0 Å². The van der Waals surface area contributed by atoms with Gasteiger partial charge >= 0.3 is 0 Å². The third kappa shape index (κ3) is 1.72. The van der Waals surface area contributed by atoms with E-state index < -0.39 is 0 Å². The van der Waals surface area contributed by atoms with Gasteiger partial charge in [0.15, 0.2) is 0 Å². The molecular formula is C14H12FN3. The van der Waals surface area contributed by atoms with E-state index in [1.54, 1.807) is 23.0 Å². The lowest BCUT2D eigenvalue weighted by molar-refractivity contribution is 0.592. The van der Waals surface area contributed by atoms with Crippen molar-refractivity contribution >= 4 is 16.6 Å². The lowest BCUT2D eigenvalue weighted by atomic mass is 10.1. The largest absolute Gasteiger partial charge is 0.398 e. The molecule has 0 atom stereocenters. The Morgan fingerprint density at radius 3 is 2.78 bits per heavy atom. The lowest BCUT2D eigenvalue weighted by Gasteiger charge is -2.08. The first-order valence-corrected chi connectivity index (χ1v) is 5.69. The number of aromatic nitrogens is 2. The van der Waals surface area contributed by atoms with Crippen LogP contribution in [0.3, 0.4) is 0 Å². The number of rotatable bonds is 2. The molecule has 0 saturated carbocycles. The quantitative estimate of drug-likeness (QED) is 0.701. The van der Waals surface area contributed by atoms with Crippen LogP contribution in [0.15, 0.2) is 48.7 Å². The summed E-state index contributed by atoms with van der Waals surface area (Å²) in [4.78, 5) is 0. The number of nitrogens with zero attached hydrogens (tertiary/aromatic N) is 2. The summed E-state index contributed by atoms with van der Waals surface area (Å²) in [7, 11) is 0. The fraction of sp³-hybridized carbons (Fsp3) is 0.0714. The molecular weight excluding hydrogens is 229 g/mol. The van der Waals surface area contributed by atoms with Crippen molar-refractivity contribution in [1.82, 2.24) is 9.78 Å². The molecule has 2 N–H and O–H groups in total. The van der Waals surface area contributed by atoms with Crippen LogP contribution in [0, 0.1) is 5.82 Å². The molecule has 2 aromatic carbocycles. The number of benzene rings is 2. The average molecular weight is 241 g/mol. The Kier molecular flexibility index (Phi) is 2.48. The summed E-state index contributed by atoms with van der Waals surface area (Å²) in [5.41, 5.74) is 7.70. The van der Waals surface area contributed by atoms with Gasteiger partial charge in [-0.2, -0.15) is 5.10 Å². The van der Waals surface area contributed by atoms with Crippen LogP contribution in [0.4, 0.5) is 10.1 Å². The minimum absolute atomic E-state index is 0.297. The van der Waals surface area contributed by atoms with E-state index in [-0.39, 0.29) is 5.82 Å². The summed E-state index contributed by atoms with van der Waals surface area (Å²) in [6.45, 7) is 0.339. The second kappa shape index (κ2) is 4.14. The zero-order chi connectivity index (χ0) is 12.5. The Morgan fingerprint density at radius 2 is 1.94 bits per heavy atom. The first-order chi connectivity index (χ1) is 8.75. The van der Waals surface area contributed by atoms with Gasteiger partial charge in [0.1, 0.15) is 5.82 Å². The summed E-state index contributed by atoms with van der Waals surface area (Å²) >= 11 is 0. The summed E-state index contributed by atoms with van der Waals surface area (Å²) in [5.74, 6) is -0.297. The maximum absolute atomic E-state index is 13.7. The number of halogens is 1. The highest BCUT2D eigenvalue weighted by molar-refractivity contribution is 5.78. The van der Waals surface area contributed by atoms with Gasteiger partial charge < -0.3 is 5.73 Å². The van der Waals surface area contributed by atoms with Gasteiger partial charge in [-0.25, -0.2) is 4.39 Å². The summed E-state index contributed by atoms with van der Waals surface area (Å²) in [5, 5.41) is 5.30. The Morgan fingerprint density at radius 1 is 1.11 bits per heavy atom. The number of nitrogen functional groups attached to an aromatic ring is 1. The van der Waals surface area contributed by atoms with Gasteiger partial charge in [-0.3, -0.25) is 4.68 Å². The van der Waals surface area contributed by atoms with Gasteiger partial charge in [0.25, 0.3) is 0 Å². The van der Waals surface area contributed by atoms with Crippen molar-refractivity contribution in [3.8, 4) is 0 Å². The molecule has 4 heteroatoms. The van der Waals surface area contributed by atoms with E-state index in [0.717, 1.165) is 10.9 Å². The van der Waals surface area contributed by atoms with Crippen molar-refractivity contribution in [3.63, 3.8) is 0 Å². The van der Waals surface area contributed by atoms with E-state index in [1.807, 2.05) is 24.3 Å². The van der Waals surface area contributed by atoms with Gasteiger partial charge in [-0.05, 0) is 18.2 Å². The summed E-state index contributed by atoms with van der Waals surface area (Å²) in [6, 6.07) is 12.5. The lowest BCUT2D eigenvalue weighted by Crippen LogP contribution is -2.06. The van der Waals surface area contributed by atoms with Gasteiger partial charge in [-0.1, -0.05) is 24.3 Å². The molecule has 0 amide bonds. The van der Waals surface area contributed by atoms with E-state index in [1.165, 1.54) is 6.07 Å². The number of anilines is 1. The predicted octanol–water partition coefficient (Wildman–Crippen LogP) is 2.81. The Hall–Kier alpha value is -2.36. The van der Waals surface area contributed by atoms with Crippen molar-refractivity contribution in [2.45, 2.75) is 6.54 Å². The van der Waals surface area contributed by atoms with Gasteiger partial charge in [0.05, 0.1) is 18.3 Å². The molecule has 1 heterocycles. The first-order valence-electron chi connectivity index (χ1n) is 5.69. The molecule has 0 spiro atoms. The Balaban J connectivity index is 2.07. The highest BCUT2D eigenvalue weighted by Gasteiger charge is 2.09. The van der Waals surface area contributed by atoms with Crippen molar-refractivity contribution < 1.29 is 4.39 Å². The maximum atomic E-state index is 13.7. The standard InChI is InChI=1S/C14H12FN3/c15-12-5-3-6-13(16)11(12)9-18-14-7-2-1-4-10(14)8-17-18/h1-8H,9,16H2. The zero-order valence-electron chi connectivity index (χ0n) is 9.68. The molecule has 0 aliphatic carbocycles. The van der Waals surface area contributed by atoms with Crippen molar-refractivity contribution in [3.05, 3.63) is 60.0 Å². The highest BCUT2D eigenvalue weighted by Crippen LogP contribution is 2.19. The number of nitrogens with two attached hydrogens (primary N) is 1. The van der Waals surface area contributed by atoms with Crippen LogP contribution in [-0.2, 0) is 6.54 Å². The molecule has 0 aliphatic heterocycles. The van der Waals surface area contributed by atoms with Gasteiger partial charge in [0, 0.05) is 16.6 Å². The Labute approximate surface area is 104 Å². The van der Waals surface area contributed by atoms with E-state index in [9.17, 15) is 4.39 Å². The topological polar surface area (TPSA) is 43.8 Å². The molecule has 0 radical (unpaired) electrons. The van der Waals surface area contributed by atoms with Crippen molar-refractivity contribution in [1.29, 1.82) is 0 Å². The Bertz CT molecular complexity index is 683. The second-order valence-corrected chi connectivity index (χ2v) is 4.17. The fourth-order valence-electron chi connectivity index (χ4n) is 2.04. The smallest absolute Gasteiger partial charge is 0.130 e. The third-order valence-electron chi connectivity index (χ3n) is 3.01. The average Bonchev–Trinajstić information content (AvgIpc) is 2.77. The molecule has 0 bridgehead atoms. The minimum Gasteiger partial charge on any atom is -0.398 e. The monoisotopic (exact) mass is 241 g/mol. The van der Waals surface area contributed by atoms with E-state index in [0.29, 0.717) is 17.8 Å². The van der Waals surface area contributed by atoms with Crippen LogP contribution in [0.2, 0.25) is 0 Å². The molecule has 3 rings (SSSR count). The molecule has 1 aromatic heterocycles. The van der Waals surface area contributed by atoms with Crippen molar-refractivity contribution in [2.75, 3.05) is 5.73 Å². The van der Waals surface area contributed by atoms with E-state index in [4.69, 9.17) is 5.73 Å².